The molecule has 2 saturated heterocycles. The number of aryl methyl sites for hydroxylation is 2. The van der Waals surface area contributed by atoms with Crippen LogP contribution in [0.1, 0.15) is 89.2 Å². The molecule has 4 aliphatic heterocycles. The van der Waals surface area contributed by atoms with Crippen molar-refractivity contribution in [3.8, 4) is 0 Å². The van der Waals surface area contributed by atoms with Crippen LogP contribution in [0.5, 0.6) is 0 Å². The molecule has 4 N–H and O–H groups in total. The lowest BCUT2D eigenvalue weighted by Crippen LogP contribution is -2.46. The molecule has 2 bridgehead atoms. The molecule has 2 atom stereocenters. The van der Waals surface area contributed by atoms with Gasteiger partial charge in [0, 0.05) is 82.8 Å². The Bertz CT molecular complexity index is 2620. The van der Waals surface area contributed by atoms with E-state index in [1.54, 1.807) is 37.7 Å². The first-order valence-corrected chi connectivity index (χ1v) is 21.7. The molecule has 0 saturated carbocycles. The van der Waals surface area contributed by atoms with E-state index < -0.39 is 17.9 Å². The van der Waals surface area contributed by atoms with Crippen LogP contribution in [0.4, 0.5) is 11.4 Å². The average molecular weight is 858 g/mol. The maximum atomic E-state index is 14.2. The Morgan fingerprint density at radius 3 is 2.59 bits per heavy atom. The second kappa shape index (κ2) is 18.0. The van der Waals surface area contributed by atoms with Crippen LogP contribution in [0.3, 0.4) is 0 Å². The third-order valence-corrected chi connectivity index (χ3v) is 12.7. The topological polar surface area (TPSA) is 199 Å². The van der Waals surface area contributed by atoms with Crippen molar-refractivity contribution in [1.82, 2.24) is 34.6 Å². The van der Waals surface area contributed by atoms with Crippen LogP contribution in [0.25, 0.3) is 16.6 Å². The van der Waals surface area contributed by atoms with Crippen LogP contribution in [0, 0.1) is 18.3 Å². The first-order chi connectivity index (χ1) is 30.3. The number of carbonyl (C=O) groups is 4. The average Bonchev–Trinajstić information content (AvgIpc) is 3.74. The number of para-hydroxylation sites is 1. The number of fused-ring (bicyclic) bond motifs is 6. The van der Waals surface area contributed by atoms with Gasteiger partial charge in [-0.25, -0.2) is 4.79 Å². The van der Waals surface area contributed by atoms with E-state index in [1.165, 1.54) is 10.8 Å². The number of amides is 4. The zero-order valence-corrected chi connectivity index (χ0v) is 36.5. The number of benzene rings is 2. The van der Waals surface area contributed by atoms with Crippen molar-refractivity contribution in [3.05, 3.63) is 93.0 Å². The minimum atomic E-state index is -0.731. The molecule has 4 aromatic rings. The Morgan fingerprint density at radius 2 is 1.84 bits per heavy atom. The van der Waals surface area contributed by atoms with Gasteiger partial charge in [-0.15, -0.1) is 0 Å². The van der Waals surface area contributed by atoms with Crippen molar-refractivity contribution in [1.29, 1.82) is 5.41 Å². The smallest absolute Gasteiger partial charge is 0.329 e. The molecule has 63 heavy (non-hydrogen) atoms. The first-order valence-electron chi connectivity index (χ1n) is 21.7. The van der Waals surface area contributed by atoms with Crippen molar-refractivity contribution >= 4 is 63.8 Å². The number of imidazole rings is 1. The minimum absolute atomic E-state index is 0.0439. The number of pyridine rings is 1. The van der Waals surface area contributed by atoms with Gasteiger partial charge in [0.05, 0.1) is 40.3 Å². The molecular weight excluding hydrogens is 803 g/mol. The van der Waals surface area contributed by atoms with Gasteiger partial charge in [-0.3, -0.25) is 38.6 Å². The number of nitrogens with zero attached hydrogens (tertiary/aromatic N) is 7. The molecule has 8 rings (SSSR count). The highest BCUT2D eigenvalue weighted by atomic mass is 16.5. The van der Waals surface area contributed by atoms with Crippen LogP contribution >= 0.6 is 0 Å². The number of imide groups is 1. The number of piperidine rings is 2. The van der Waals surface area contributed by atoms with E-state index in [9.17, 15) is 24.0 Å². The zero-order chi connectivity index (χ0) is 44.5. The van der Waals surface area contributed by atoms with Crippen LogP contribution in [-0.2, 0) is 27.8 Å². The van der Waals surface area contributed by atoms with Gasteiger partial charge in [-0.05, 0) is 93.3 Å². The lowest BCUT2D eigenvalue weighted by Gasteiger charge is -2.37. The molecule has 17 nitrogen and oxygen atoms in total. The number of anilines is 2. The fourth-order valence-corrected chi connectivity index (χ4v) is 9.34. The molecule has 330 valence electrons. The number of hydrogen-bond donors (Lipinski definition) is 4. The highest BCUT2D eigenvalue weighted by Crippen LogP contribution is 2.36. The van der Waals surface area contributed by atoms with Gasteiger partial charge >= 0.3 is 5.69 Å². The monoisotopic (exact) mass is 857 g/mol. The van der Waals surface area contributed by atoms with E-state index in [0.29, 0.717) is 65.0 Å². The summed E-state index contributed by atoms with van der Waals surface area (Å²) < 4.78 is 9.21. The minimum Gasteiger partial charge on any atom is -0.479 e. The number of aliphatic imine (C=N–C) groups is 1. The van der Waals surface area contributed by atoms with Crippen molar-refractivity contribution < 1.29 is 23.9 Å². The van der Waals surface area contributed by atoms with Crippen molar-refractivity contribution in [2.75, 3.05) is 57.1 Å². The molecular formula is C46H55N11O6. The zero-order valence-electron chi connectivity index (χ0n) is 36.5. The summed E-state index contributed by atoms with van der Waals surface area (Å²) in [5.74, 6) is -0.334. The molecule has 2 aromatic heterocycles. The normalized spacial score (nSPS) is 22.1. The summed E-state index contributed by atoms with van der Waals surface area (Å²) in [7, 11) is 5.32. The van der Waals surface area contributed by atoms with Gasteiger partial charge < -0.3 is 35.5 Å². The molecule has 2 aromatic carbocycles. The summed E-state index contributed by atoms with van der Waals surface area (Å²) in [6, 6.07) is 14.0. The number of likely N-dealkylation sites (tertiary alicyclic amines) is 1. The SMILES string of the molecule is CN/C1=C(\C=N)c2cc(cc(C)n2)C(=O)/N=C2\Nc3ccc(C(=O)N(C)C4CCN(CCc5cccc6c5n(C)c(=O)n6C5CCC(=O)NC5=O)CC4)cc3N2C[C@H](C)CCCO1. The summed E-state index contributed by atoms with van der Waals surface area (Å²) in [5.41, 5.74) is 6.09. The maximum Gasteiger partial charge on any atom is 0.329 e. The summed E-state index contributed by atoms with van der Waals surface area (Å²) in [6.45, 7) is 7.30. The van der Waals surface area contributed by atoms with Crippen LogP contribution < -0.4 is 26.5 Å². The first kappa shape index (κ1) is 43.0. The van der Waals surface area contributed by atoms with Gasteiger partial charge in [0.25, 0.3) is 11.8 Å². The molecule has 0 radical (unpaired) electrons. The number of aromatic nitrogens is 3. The number of guanidine groups is 1. The number of ether oxygens (including phenoxy) is 1. The lowest BCUT2D eigenvalue weighted by molar-refractivity contribution is -0.135. The molecule has 4 amide bonds. The number of nitrogens with one attached hydrogen (secondary N) is 4. The fraction of sp³-hybridized carbons (Fsp3) is 0.435. The Kier molecular flexibility index (Phi) is 12.3. The predicted octanol–water partition coefficient (Wildman–Crippen LogP) is 4.21. The third-order valence-electron chi connectivity index (χ3n) is 12.7. The highest BCUT2D eigenvalue weighted by molar-refractivity contribution is 6.20. The van der Waals surface area contributed by atoms with E-state index in [0.717, 1.165) is 67.8 Å². The number of allylic oxidation sites excluding steroid dienone is 1. The van der Waals surface area contributed by atoms with E-state index in [1.807, 2.05) is 53.2 Å². The third kappa shape index (κ3) is 8.61. The number of carbonyl (C=O) groups excluding carboxylic acids is 4. The second-order valence-corrected chi connectivity index (χ2v) is 17.0. The molecule has 2 fully saturated rings. The molecule has 0 spiro atoms. The standard InChI is InChI=1S/C46H55N11O6/c1-27-8-7-21-63-43(48-3)33(25-47)35-23-31(22-28(2)49-35)41(59)52-45-50-34-12-11-30(24-38(34)56(45)26-27)44(61)53(4)32-16-19-55(20-17-32)18-15-29-9-6-10-36-40(29)54(5)46(62)57(36)37-13-14-39(58)51-42(37)60/h6,9-12,22-25,27,32,37,47-48H,7-8,13-21,26H2,1-5H3,(H,50,52,59)(H,51,58,60)/b43-33-,47-25?/t27-,37?/m1/s1. The van der Waals surface area contributed by atoms with Crippen molar-refractivity contribution in [2.24, 2.45) is 18.0 Å². The lowest BCUT2D eigenvalue weighted by atomic mass is 10.0. The molecule has 4 aliphatic rings. The van der Waals surface area contributed by atoms with E-state index in [-0.39, 0.29) is 42.3 Å². The Balaban J connectivity index is 0.948. The number of hydrogen-bond acceptors (Lipinski definition) is 12. The summed E-state index contributed by atoms with van der Waals surface area (Å²) in [4.78, 5) is 81.3. The molecule has 1 unspecified atom stereocenters. The van der Waals surface area contributed by atoms with Crippen LogP contribution in [0.2, 0.25) is 0 Å². The summed E-state index contributed by atoms with van der Waals surface area (Å²) >= 11 is 0. The summed E-state index contributed by atoms with van der Waals surface area (Å²) in [6.07, 6.45) is 5.54. The van der Waals surface area contributed by atoms with Gasteiger partial charge in [0.2, 0.25) is 17.8 Å². The molecule has 17 heteroatoms. The quantitative estimate of drug-likeness (QED) is 0.146. The molecule has 0 aliphatic carbocycles. The second-order valence-electron chi connectivity index (χ2n) is 17.0. The van der Waals surface area contributed by atoms with Crippen LogP contribution in [-0.4, -0.2) is 113 Å². The van der Waals surface area contributed by atoms with E-state index >= 15 is 0 Å². The van der Waals surface area contributed by atoms with Crippen molar-refractivity contribution in [3.63, 3.8) is 0 Å². The molecule has 6 heterocycles. The van der Waals surface area contributed by atoms with E-state index in [2.05, 4.69) is 37.8 Å². The predicted molar refractivity (Wildman–Crippen MR) is 241 cm³/mol. The van der Waals surface area contributed by atoms with Gasteiger partial charge in [-0.1, -0.05) is 19.1 Å². The van der Waals surface area contributed by atoms with Gasteiger partial charge in [0.15, 0.2) is 5.88 Å². The highest BCUT2D eigenvalue weighted by Gasteiger charge is 2.33. The Hall–Kier alpha value is -6.62. The number of rotatable bonds is 8. The Morgan fingerprint density at radius 1 is 1.05 bits per heavy atom. The van der Waals surface area contributed by atoms with E-state index in [4.69, 9.17) is 10.1 Å². The van der Waals surface area contributed by atoms with Gasteiger partial charge in [-0.2, -0.15) is 4.99 Å². The fourth-order valence-electron chi connectivity index (χ4n) is 9.34. The Labute approximate surface area is 365 Å². The maximum absolute atomic E-state index is 14.2. The largest absolute Gasteiger partial charge is 0.479 e. The van der Waals surface area contributed by atoms with Gasteiger partial charge in [0.1, 0.15) is 6.04 Å². The summed E-state index contributed by atoms with van der Waals surface area (Å²) in [5, 5.41) is 16.9. The van der Waals surface area contributed by atoms with Crippen molar-refractivity contribution in [2.45, 2.75) is 70.9 Å². The van der Waals surface area contributed by atoms with Crippen LogP contribution in [0.15, 0.2) is 64.2 Å².